The summed E-state index contributed by atoms with van der Waals surface area (Å²) in [6.45, 7) is 10.0. The predicted octanol–water partition coefficient (Wildman–Crippen LogP) is 3.33. The second-order valence-electron chi connectivity index (χ2n) is 2.75. The maximum Gasteiger partial charge on any atom is -0.0287 e. The Morgan fingerprint density at radius 3 is 2.40 bits per heavy atom. The molecule has 0 bridgehead atoms. The maximum atomic E-state index is 3.62. The molecule has 0 aromatic rings. The van der Waals surface area contributed by atoms with Crippen LogP contribution in [-0.4, -0.2) is 0 Å². The molecule has 0 fully saturated rings. The second kappa shape index (κ2) is 5.04. The van der Waals surface area contributed by atoms with Gasteiger partial charge in [-0.3, -0.25) is 0 Å². The van der Waals surface area contributed by atoms with E-state index in [1.165, 1.54) is 5.57 Å². The van der Waals surface area contributed by atoms with Gasteiger partial charge in [-0.05, 0) is 12.8 Å². The Hall–Kier alpha value is -0.780. The largest absolute Gasteiger partial charge is 0.0991 e. The van der Waals surface area contributed by atoms with E-state index in [0.29, 0.717) is 5.92 Å². The summed E-state index contributed by atoms with van der Waals surface area (Å²) in [4.78, 5) is 0. The third-order valence-electron chi connectivity index (χ3n) is 1.12. The molecule has 0 aliphatic carbocycles. The Balaban J connectivity index is 3.88. The first-order chi connectivity index (χ1) is 4.66. The quantitative estimate of drug-likeness (QED) is 0.522. The minimum atomic E-state index is 0.633. The average molecular weight is 136 g/mol. The minimum Gasteiger partial charge on any atom is -0.0991 e. The molecule has 0 aliphatic heterocycles. The number of rotatable bonds is 3. The Bertz CT molecular complexity index is 147. The molecule has 0 saturated heterocycles. The highest BCUT2D eigenvalue weighted by molar-refractivity contribution is 5.20. The van der Waals surface area contributed by atoms with Crippen molar-refractivity contribution in [2.45, 2.75) is 20.8 Å². The topological polar surface area (TPSA) is 0 Å². The molecule has 0 atom stereocenters. The first-order valence-corrected chi connectivity index (χ1v) is 3.64. The normalized spacial score (nSPS) is 13.0. The van der Waals surface area contributed by atoms with Crippen molar-refractivity contribution in [3.63, 3.8) is 0 Å². The van der Waals surface area contributed by atoms with Gasteiger partial charge < -0.3 is 0 Å². The van der Waals surface area contributed by atoms with Crippen molar-refractivity contribution in [1.82, 2.24) is 0 Å². The lowest BCUT2D eigenvalue weighted by Crippen LogP contribution is -1.77. The van der Waals surface area contributed by atoms with Crippen LogP contribution < -0.4 is 0 Å². The first-order valence-electron chi connectivity index (χ1n) is 3.64. The van der Waals surface area contributed by atoms with Crippen molar-refractivity contribution in [1.29, 1.82) is 0 Å². The van der Waals surface area contributed by atoms with Gasteiger partial charge >= 0.3 is 0 Å². The molecule has 0 spiro atoms. The molecule has 0 aromatic heterocycles. The minimum absolute atomic E-state index is 0.633. The number of hydrogen-bond acceptors (Lipinski definition) is 0. The lowest BCUT2D eigenvalue weighted by Gasteiger charge is -1.92. The van der Waals surface area contributed by atoms with E-state index in [1.807, 2.05) is 6.08 Å². The molecule has 0 aromatic carbocycles. The van der Waals surface area contributed by atoms with Gasteiger partial charge in [0, 0.05) is 0 Å². The van der Waals surface area contributed by atoms with Crippen molar-refractivity contribution in [2.24, 2.45) is 5.92 Å². The fourth-order valence-corrected chi connectivity index (χ4v) is 0.586. The molecular weight excluding hydrogens is 120 g/mol. The van der Waals surface area contributed by atoms with Crippen LogP contribution in [0.1, 0.15) is 20.8 Å². The summed E-state index contributed by atoms with van der Waals surface area (Å²) in [5.74, 6) is 0.633. The Kier molecular flexibility index (Phi) is 4.65. The van der Waals surface area contributed by atoms with E-state index in [9.17, 15) is 0 Å². The van der Waals surface area contributed by atoms with Crippen molar-refractivity contribution in [3.8, 4) is 0 Å². The summed E-state index contributed by atoms with van der Waals surface area (Å²) >= 11 is 0. The van der Waals surface area contributed by atoms with Gasteiger partial charge in [-0.2, -0.15) is 0 Å². The van der Waals surface area contributed by atoms with Crippen molar-refractivity contribution < 1.29 is 0 Å². The third-order valence-corrected chi connectivity index (χ3v) is 1.12. The van der Waals surface area contributed by atoms with Crippen LogP contribution in [0.25, 0.3) is 0 Å². The summed E-state index contributed by atoms with van der Waals surface area (Å²) < 4.78 is 0. The fraction of sp³-hybridized carbons (Fsp3) is 0.400. The van der Waals surface area contributed by atoms with Gasteiger partial charge in [-0.1, -0.05) is 50.3 Å². The lowest BCUT2D eigenvalue weighted by molar-refractivity contribution is 0.831. The SMILES string of the molecule is C=C/C=C(C)\C=C/C(C)C. The van der Waals surface area contributed by atoms with E-state index in [0.717, 1.165) is 0 Å². The van der Waals surface area contributed by atoms with Crippen LogP contribution >= 0.6 is 0 Å². The van der Waals surface area contributed by atoms with Crippen LogP contribution in [0.15, 0.2) is 36.5 Å². The highest BCUT2D eigenvalue weighted by Crippen LogP contribution is 1.99. The van der Waals surface area contributed by atoms with Gasteiger partial charge in [-0.25, -0.2) is 0 Å². The average Bonchev–Trinajstić information content (AvgIpc) is 1.85. The maximum absolute atomic E-state index is 3.62. The third kappa shape index (κ3) is 5.36. The van der Waals surface area contributed by atoms with Crippen LogP contribution in [0.3, 0.4) is 0 Å². The van der Waals surface area contributed by atoms with Gasteiger partial charge in [0.15, 0.2) is 0 Å². The van der Waals surface area contributed by atoms with Gasteiger partial charge in [0.2, 0.25) is 0 Å². The molecule has 10 heavy (non-hydrogen) atoms. The Morgan fingerprint density at radius 1 is 1.40 bits per heavy atom. The molecule has 56 valence electrons. The van der Waals surface area contributed by atoms with E-state index < -0.39 is 0 Å². The number of hydrogen-bond donors (Lipinski definition) is 0. The predicted molar refractivity (Wildman–Crippen MR) is 47.9 cm³/mol. The van der Waals surface area contributed by atoms with Gasteiger partial charge in [-0.15, -0.1) is 0 Å². The van der Waals surface area contributed by atoms with E-state index in [-0.39, 0.29) is 0 Å². The van der Waals surface area contributed by atoms with Crippen LogP contribution in [0.2, 0.25) is 0 Å². The first kappa shape index (κ1) is 9.22. The van der Waals surface area contributed by atoms with Gasteiger partial charge in [0.05, 0.1) is 0 Å². The molecule has 0 heterocycles. The molecule has 0 unspecified atom stereocenters. The smallest absolute Gasteiger partial charge is 0.0287 e. The fourth-order valence-electron chi connectivity index (χ4n) is 0.586. The Labute approximate surface area is 64.0 Å². The molecule has 0 rings (SSSR count). The van der Waals surface area contributed by atoms with Crippen LogP contribution in [0.5, 0.6) is 0 Å². The summed E-state index contributed by atoms with van der Waals surface area (Å²) in [7, 11) is 0. The Morgan fingerprint density at radius 2 is 2.00 bits per heavy atom. The highest BCUT2D eigenvalue weighted by atomic mass is 13.9. The van der Waals surface area contributed by atoms with Crippen molar-refractivity contribution in [3.05, 3.63) is 36.5 Å². The van der Waals surface area contributed by atoms with Crippen LogP contribution in [0.4, 0.5) is 0 Å². The van der Waals surface area contributed by atoms with Crippen LogP contribution in [0, 0.1) is 5.92 Å². The van der Waals surface area contributed by atoms with Gasteiger partial charge in [0.25, 0.3) is 0 Å². The monoisotopic (exact) mass is 136 g/mol. The molecule has 0 saturated carbocycles. The van der Waals surface area contributed by atoms with E-state index in [4.69, 9.17) is 0 Å². The van der Waals surface area contributed by atoms with E-state index in [2.05, 4.69) is 39.5 Å². The summed E-state index contributed by atoms with van der Waals surface area (Å²) in [6, 6.07) is 0. The van der Waals surface area contributed by atoms with E-state index >= 15 is 0 Å². The zero-order valence-corrected chi connectivity index (χ0v) is 7.09. The molecule has 0 heteroatoms. The number of allylic oxidation sites excluding steroid dienone is 5. The molecule has 0 N–H and O–H groups in total. The molecule has 0 radical (unpaired) electrons. The zero-order chi connectivity index (χ0) is 7.98. The van der Waals surface area contributed by atoms with E-state index in [1.54, 1.807) is 6.08 Å². The lowest BCUT2D eigenvalue weighted by atomic mass is 10.1. The van der Waals surface area contributed by atoms with Crippen LogP contribution in [-0.2, 0) is 0 Å². The highest BCUT2D eigenvalue weighted by Gasteiger charge is 1.82. The molecular formula is C10H16. The zero-order valence-electron chi connectivity index (χ0n) is 7.09. The summed E-state index contributed by atoms with van der Waals surface area (Å²) in [6.07, 6.45) is 8.10. The molecule has 0 aliphatic rings. The molecule has 0 amide bonds. The summed E-state index contributed by atoms with van der Waals surface area (Å²) in [5.41, 5.74) is 1.25. The van der Waals surface area contributed by atoms with Crippen molar-refractivity contribution in [2.75, 3.05) is 0 Å². The van der Waals surface area contributed by atoms with Crippen molar-refractivity contribution >= 4 is 0 Å². The molecule has 0 nitrogen and oxygen atoms in total. The standard InChI is InChI=1S/C10H16/c1-5-6-10(4)8-7-9(2)3/h5-9H,1H2,2-4H3/b8-7-,10-6-. The van der Waals surface area contributed by atoms with Gasteiger partial charge in [0.1, 0.15) is 0 Å². The second-order valence-corrected chi connectivity index (χ2v) is 2.75. The summed E-state index contributed by atoms with van der Waals surface area (Å²) in [5, 5.41) is 0.